The number of hydrogen-bond acceptors (Lipinski definition) is 2. The van der Waals surface area contributed by atoms with Crippen LogP contribution < -0.4 is 4.74 Å². The first-order chi connectivity index (χ1) is 9.40. The van der Waals surface area contributed by atoms with Crippen LogP contribution in [0.15, 0.2) is 24.3 Å². The first-order valence-electron chi connectivity index (χ1n) is 7.08. The summed E-state index contributed by atoms with van der Waals surface area (Å²) in [5.41, 5.74) is 0. The number of halogens is 1. The molecule has 1 aromatic carbocycles. The van der Waals surface area contributed by atoms with Crippen LogP contribution in [0.1, 0.15) is 34.1 Å². The Hall–Kier alpha value is -1.58. The average Bonchev–Trinajstić information content (AvgIpc) is 2.37. The van der Waals surface area contributed by atoms with E-state index in [4.69, 9.17) is 4.74 Å². The van der Waals surface area contributed by atoms with Gasteiger partial charge in [0, 0.05) is 12.6 Å². The Morgan fingerprint density at radius 3 is 2.30 bits per heavy atom. The molecule has 0 aromatic heterocycles. The van der Waals surface area contributed by atoms with Crippen LogP contribution in [0.4, 0.5) is 4.39 Å². The lowest BCUT2D eigenvalue weighted by Crippen LogP contribution is -2.40. The van der Waals surface area contributed by atoms with Crippen LogP contribution in [-0.4, -0.2) is 30.0 Å². The zero-order valence-electron chi connectivity index (χ0n) is 12.7. The second-order valence-corrected chi connectivity index (χ2v) is 5.59. The number of amides is 1. The molecule has 1 rings (SSSR count). The summed E-state index contributed by atoms with van der Waals surface area (Å²) in [7, 11) is 0. The number of carbonyl (C=O) groups excluding carboxylic acids is 1. The highest BCUT2D eigenvalue weighted by atomic mass is 19.1. The van der Waals surface area contributed by atoms with Crippen molar-refractivity contribution in [1.29, 1.82) is 0 Å². The van der Waals surface area contributed by atoms with Gasteiger partial charge < -0.3 is 9.64 Å². The van der Waals surface area contributed by atoms with Gasteiger partial charge >= 0.3 is 0 Å². The summed E-state index contributed by atoms with van der Waals surface area (Å²) >= 11 is 0. The SMILES string of the molecule is CC(C)CN(C(=O)CCOc1ccc(F)cc1)C(C)C. The van der Waals surface area contributed by atoms with Crippen molar-refractivity contribution in [3.63, 3.8) is 0 Å². The molecule has 0 radical (unpaired) electrons. The van der Waals surface area contributed by atoms with Crippen LogP contribution >= 0.6 is 0 Å². The molecule has 0 spiro atoms. The van der Waals surface area contributed by atoms with Gasteiger partial charge in [-0.25, -0.2) is 4.39 Å². The lowest BCUT2D eigenvalue weighted by Gasteiger charge is -2.28. The summed E-state index contributed by atoms with van der Waals surface area (Å²) in [6.45, 7) is 9.29. The van der Waals surface area contributed by atoms with Gasteiger partial charge in [0.15, 0.2) is 0 Å². The topological polar surface area (TPSA) is 29.5 Å². The fourth-order valence-electron chi connectivity index (χ4n) is 1.92. The van der Waals surface area contributed by atoms with Gasteiger partial charge in [-0.2, -0.15) is 0 Å². The van der Waals surface area contributed by atoms with Crippen molar-refractivity contribution in [2.75, 3.05) is 13.2 Å². The predicted molar refractivity (Wildman–Crippen MR) is 78.2 cm³/mol. The molecule has 0 aliphatic rings. The zero-order chi connectivity index (χ0) is 15.1. The smallest absolute Gasteiger partial charge is 0.226 e. The maximum Gasteiger partial charge on any atom is 0.226 e. The Balaban J connectivity index is 2.43. The standard InChI is InChI=1S/C16H24FNO2/c1-12(2)11-18(13(3)4)16(19)9-10-20-15-7-5-14(17)6-8-15/h5-8,12-13H,9-11H2,1-4H3. The zero-order valence-corrected chi connectivity index (χ0v) is 12.7. The molecule has 1 amide bonds. The van der Waals surface area contributed by atoms with Crippen LogP contribution in [0.25, 0.3) is 0 Å². The number of benzene rings is 1. The maximum atomic E-state index is 12.7. The summed E-state index contributed by atoms with van der Waals surface area (Å²) in [6, 6.07) is 6.00. The van der Waals surface area contributed by atoms with Gasteiger partial charge in [-0.05, 0) is 44.0 Å². The van der Waals surface area contributed by atoms with E-state index in [9.17, 15) is 9.18 Å². The molecule has 0 aliphatic heterocycles. The molecule has 0 saturated carbocycles. The van der Waals surface area contributed by atoms with Gasteiger partial charge in [0.1, 0.15) is 11.6 Å². The summed E-state index contributed by atoms with van der Waals surface area (Å²) in [6.07, 6.45) is 0.336. The molecule has 20 heavy (non-hydrogen) atoms. The van der Waals surface area contributed by atoms with E-state index in [1.807, 2.05) is 18.7 Å². The van der Waals surface area contributed by atoms with Crippen molar-refractivity contribution in [2.45, 2.75) is 40.2 Å². The Kier molecular flexibility index (Phi) is 6.49. The minimum absolute atomic E-state index is 0.0933. The van der Waals surface area contributed by atoms with Crippen molar-refractivity contribution in [3.05, 3.63) is 30.1 Å². The number of hydrogen-bond donors (Lipinski definition) is 0. The van der Waals surface area contributed by atoms with Crippen LogP contribution in [0, 0.1) is 11.7 Å². The minimum Gasteiger partial charge on any atom is -0.493 e. The van der Waals surface area contributed by atoms with Crippen molar-refractivity contribution < 1.29 is 13.9 Å². The van der Waals surface area contributed by atoms with Crippen molar-refractivity contribution in [2.24, 2.45) is 5.92 Å². The fraction of sp³-hybridized carbons (Fsp3) is 0.562. The quantitative estimate of drug-likeness (QED) is 0.765. The molecule has 0 atom stereocenters. The Morgan fingerprint density at radius 1 is 1.20 bits per heavy atom. The third kappa shape index (κ3) is 5.59. The van der Waals surface area contributed by atoms with E-state index in [0.717, 1.165) is 6.54 Å². The van der Waals surface area contributed by atoms with Gasteiger partial charge in [-0.3, -0.25) is 4.79 Å². The Bertz CT molecular complexity index is 415. The first kappa shape index (κ1) is 16.5. The van der Waals surface area contributed by atoms with Crippen LogP contribution in [0.5, 0.6) is 5.75 Å². The van der Waals surface area contributed by atoms with Gasteiger partial charge in [0.2, 0.25) is 5.91 Å². The second-order valence-electron chi connectivity index (χ2n) is 5.59. The Morgan fingerprint density at radius 2 is 1.80 bits per heavy atom. The third-order valence-corrected chi connectivity index (χ3v) is 2.90. The molecule has 0 heterocycles. The van der Waals surface area contributed by atoms with E-state index in [1.165, 1.54) is 12.1 Å². The number of rotatable bonds is 7. The van der Waals surface area contributed by atoms with Gasteiger partial charge in [-0.1, -0.05) is 13.8 Å². The molecule has 1 aromatic rings. The van der Waals surface area contributed by atoms with Gasteiger partial charge in [-0.15, -0.1) is 0 Å². The monoisotopic (exact) mass is 281 g/mol. The van der Waals surface area contributed by atoms with Crippen LogP contribution in [0.3, 0.4) is 0 Å². The van der Waals surface area contributed by atoms with Gasteiger partial charge in [0.05, 0.1) is 13.0 Å². The molecular weight excluding hydrogens is 257 g/mol. The number of ether oxygens (including phenoxy) is 1. The van der Waals surface area contributed by atoms with E-state index in [-0.39, 0.29) is 17.8 Å². The lowest BCUT2D eigenvalue weighted by atomic mass is 10.1. The molecule has 112 valence electrons. The summed E-state index contributed by atoms with van der Waals surface area (Å²) in [4.78, 5) is 14.0. The van der Waals surface area contributed by atoms with Crippen LogP contribution in [0.2, 0.25) is 0 Å². The molecule has 0 aliphatic carbocycles. The molecule has 4 heteroatoms. The van der Waals surface area contributed by atoms with E-state index >= 15 is 0 Å². The Labute approximate surface area is 120 Å². The normalized spacial score (nSPS) is 10.9. The highest BCUT2D eigenvalue weighted by Crippen LogP contribution is 2.12. The second kappa shape index (κ2) is 7.88. The molecule has 0 bridgehead atoms. The number of carbonyl (C=O) groups is 1. The average molecular weight is 281 g/mol. The first-order valence-corrected chi connectivity index (χ1v) is 7.08. The van der Waals surface area contributed by atoms with E-state index in [2.05, 4.69) is 13.8 Å². The molecule has 0 saturated heterocycles. The molecule has 0 fully saturated rings. The van der Waals surface area contributed by atoms with E-state index < -0.39 is 0 Å². The van der Waals surface area contributed by atoms with E-state index in [1.54, 1.807) is 12.1 Å². The predicted octanol–water partition coefficient (Wildman–Crippen LogP) is 3.49. The fourth-order valence-corrected chi connectivity index (χ4v) is 1.92. The summed E-state index contributed by atoms with van der Waals surface area (Å²) < 4.78 is 18.2. The van der Waals surface area contributed by atoms with Gasteiger partial charge in [0.25, 0.3) is 0 Å². The van der Waals surface area contributed by atoms with E-state index in [0.29, 0.717) is 24.7 Å². The largest absolute Gasteiger partial charge is 0.493 e. The van der Waals surface area contributed by atoms with Crippen molar-refractivity contribution >= 4 is 5.91 Å². The highest BCUT2D eigenvalue weighted by molar-refractivity contribution is 5.76. The minimum atomic E-state index is -0.295. The summed E-state index contributed by atoms with van der Waals surface area (Å²) in [5, 5.41) is 0. The summed E-state index contributed by atoms with van der Waals surface area (Å²) in [5.74, 6) is 0.825. The maximum absolute atomic E-state index is 12.7. The lowest BCUT2D eigenvalue weighted by molar-refractivity contribution is -0.134. The third-order valence-electron chi connectivity index (χ3n) is 2.90. The van der Waals surface area contributed by atoms with Crippen molar-refractivity contribution in [3.8, 4) is 5.75 Å². The van der Waals surface area contributed by atoms with Crippen molar-refractivity contribution in [1.82, 2.24) is 4.90 Å². The highest BCUT2D eigenvalue weighted by Gasteiger charge is 2.17. The molecular formula is C16H24FNO2. The number of nitrogens with zero attached hydrogens (tertiary/aromatic N) is 1. The molecule has 3 nitrogen and oxygen atoms in total. The molecule has 0 unspecified atom stereocenters. The molecule has 0 N–H and O–H groups in total. The van der Waals surface area contributed by atoms with Crippen LogP contribution in [-0.2, 0) is 4.79 Å².